The standard InChI is InChI=1S/C13H21ClN2OS/c1-3-16-13(2,10-17)7-5-9-18-12-11(14)6-4-8-15-12/h4,6,8,16-17H,3,5,7,9-10H2,1-2H3. The van der Waals surface area contributed by atoms with Crippen LogP contribution in [0.1, 0.15) is 26.7 Å². The van der Waals surface area contributed by atoms with Gasteiger partial charge in [0.15, 0.2) is 0 Å². The average Bonchev–Trinajstić information content (AvgIpc) is 2.37. The number of pyridine rings is 1. The summed E-state index contributed by atoms with van der Waals surface area (Å²) in [6.07, 6.45) is 3.71. The lowest BCUT2D eigenvalue weighted by Gasteiger charge is -2.28. The molecule has 0 bridgehead atoms. The van der Waals surface area contributed by atoms with Crippen molar-refractivity contribution in [1.82, 2.24) is 10.3 Å². The van der Waals surface area contributed by atoms with Gasteiger partial charge in [0, 0.05) is 11.7 Å². The van der Waals surface area contributed by atoms with E-state index in [1.165, 1.54) is 0 Å². The van der Waals surface area contributed by atoms with Crippen LogP contribution < -0.4 is 5.32 Å². The molecule has 1 unspecified atom stereocenters. The van der Waals surface area contributed by atoms with Crippen LogP contribution in [0.4, 0.5) is 0 Å². The number of likely N-dealkylation sites (N-methyl/N-ethyl adjacent to an activating group) is 1. The summed E-state index contributed by atoms with van der Waals surface area (Å²) in [6, 6.07) is 3.69. The highest BCUT2D eigenvalue weighted by molar-refractivity contribution is 7.99. The van der Waals surface area contributed by atoms with E-state index in [2.05, 4.69) is 24.1 Å². The second-order valence-corrected chi connectivity index (χ2v) is 5.98. The molecule has 0 aliphatic rings. The van der Waals surface area contributed by atoms with E-state index < -0.39 is 0 Å². The number of thioether (sulfide) groups is 1. The number of aliphatic hydroxyl groups is 1. The van der Waals surface area contributed by atoms with Gasteiger partial charge in [-0.3, -0.25) is 0 Å². The summed E-state index contributed by atoms with van der Waals surface area (Å²) in [5.74, 6) is 0.956. The van der Waals surface area contributed by atoms with Crippen molar-refractivity contribution in [3.63, 3.8) is 0 Å². The Labute approximate surface area is 118 Å². The van der Waals surface area contributed by atoms with Gasteiger partial charge in [-0.2, -0.15) is 0 Å². The molecule has 0 fully saturated rings. The van der Waals surface area contributed by atoms with E-state index in [1.807, 2.05) is 12.1 Å². The molecule has 0 radical (unpaired) electrons. The van der Waals surface area contributed by atoms with Gasteiger partial charge in [-0.15, -0.1) is 11.8 Å². The number of nitrogens with one attached hydrogen (secondary N) is 1. The second kappa shape index (κ2) is 8.00. The molecular formula is C13H21ClN2OS. The first-order chi connectivity index (χ1) is 8.61. The molecule has 0 saturated heterocycles. The van der Waals surface area contributed by atoms with Crippen molar-refractivity contribution >= 4 is 23.4 Å². The van der Waals surface area contributed by atoms with E-state index in [9.17, 15) is 5.11 Å². The summed E-state index contributed by atoms with van der Waals surface area (Å²) < 4.78 is 0. The van der Waals surface area contributed by atoms with Crippen molar-refractivity contribution < 1.29 is 5.11 Å². The highest BCUT2D eigenvalue weighted by atomic mass is 35.5. The van der Waals surface area contributed by atoms with Gasteiger partial charge in [0.1, 0.15) is 5.03 Å². The Hall–Kier alpha value is -0.290. The van der Waals surface area contributed by atoms with Gasteiger partial charge in [-0.1, -0.05) is 18.5 Å². The molecule has 0 aliphatic carbocycles. The summed E-state index contributed by atoms with van der Waals surface area (Å²) in [5, 5.41) is 14.3. The van der Waals surface area contributed by atoms with E-state index in [4.69, 9.17) is 11.6 Å². The van der Waals surface area contributed by atoms with Crippen molar-refractivity contribution in [2.45, 2.75) is 37.3 Å². The van der Waals surface area contributed by atoms with Gasteiger partial charge < -0.3 is 10.4 Å². The number of hydrogen-bond acceptors (Lipinski definition) is 4. The van der Waals surface area contributed by atoms with Gasteiger partial charge in [-0.25, -0.2) is 4.98 Å². The Balaban J connectivity index is 2.32. The van der Waals surface area contributed by atoms with Crippen LogP contribution in [0.15, 0.2) is 23.4 Å². The number of rotatable bonds is 8. The van der Waals surface area contributed by atoms with Gasteiger partial charge in [0.25, 0.3) is 0 Å². The molecule has 1 heterocycles. The highest BCUT2D eigenvalue weighted by Crippen LogP contribution is 2.25. The fourth-order valence-corrected chi connectivity index (χ4v) is 2.87. The van der Waals surface area contributed by atoms with Crippen LogP contribution in [0.25, 0.3) is 0 Å². The number of aromatic nitrogens is 1. The second-order valence-electron chi connectivity index (χ2n) is 4.49. The third-order valence-corrected chi connectivity index (χ3v) is 4.30. The first kappa shape index (κ1) is 15.8. The van der Waals surface area contributed by atoms with E-state index >= 15 is 0 Å². The molecule has 1 rings (SSSR count). The third-order valence-electron chi connectivity index (χ3n) is 2.79. The minimum atomic E-state index is -0.177. The van der Waals surface area contributed by atoms with Crippen LogP contribution in [-0.2, 0) is 0 Å². The minimum Gasteiger partial charge on any atom is -0.394 e. The van der Waals surface area contributed by atoms with Crippen LogP contribution in [-0.4, -0.2) is 34.5 Å². The Morgan fingerprint density at radius 2 is 2.33 bits per heavy atom. The smallest absolute Gasteiger partial charge is 0.115 e. The quantitative estimate of drug-likeness (QED) is 0.570. The summed E-state index contributed by atoms with van der Waals surface area (Å²) in [7, 11) is 0. The zero-order valence-electron chi connectivity index (χ0n) is 10.9. The molecule has 1 aromatic rings. The fourth-order valence-electron chi connectivity index (χ4n) is 1.76. The summed E-state index contributed by atoms with van der Waals surface area (Å²) >= 11 is 7.70. The molecule has 0 aromatic carbocycles. The van der Waals surface area contributed by atoms with Crippen LogP contribution in [0.3, 0.4) is 0 Å². The minimum absolute atomic E-state index is 0.163. The van der Waals surface area contributed by atoms with Gasteiger partial charge >= 0.3 is 0 Å². The molecule has 3 nitrogen and oxygen atoms in total. The number of halogens is 1. The van der Waals surface area contributed by atoms with Crippen molar-refractivity contribution in [1.29, 1.82) is 0 Å². The van der Waals surface area contributed by atoms with Crippen molar-refractivity contribution in [2.24, 2.45) is 0 Å². The molecule has 5 heteroatoms. The zero-order valence-corrected chi connectivity index (χ0v) is 12.5. The molecule has 0 spiro atoms. The van der Waals surface area contributed by atoms with Crippen molar-refractivity contribution in [2.75, 3.05) is 18.9 Å². The van der Waals surface area contributed by atoms with Crippen LogP contribution in [0.2, 0.25) is 5.02 Å². The first-order valence-electron chi connectivity index (χ1n) is 6.20. The Bertz CT molecular complexity index is 365. The van der Waals surface area contributed by atoms with E-state index in [0.29, 0.717) is 5.02 Å². The Kier molecular flexibility index (Phi) is 7.00. The van der Waals surface area contributed by atoms with Crippen molar-refractivity contribution in [3.05, 3.63) is 23.4 Å². The molecule has 0 amide bonds. The molecular weight excluding hydrogens is 268 g/mol. The first-order valence-corrected chi connectivity index (χ1v) is 7.57. The molecule has 0 aliphatic heterocycles. The lowest BCUT2D eigenvalue weighted by Crippen LogP contribution is -2.45. The number of hydrogen-bond donors (Lipinski definition) is 2. The van der Waals surface area contributed by atoms with Gasteiger partial charge in [-0.05, 0) is 44.2 Å². The van der Waals surface area contributed by atoms with Crippen LogP contribution >= 0.6 is 23.4 Å². The summed E-state index contributed by atoms with van der Waals surface area (Å²) in [6.45, 7) is 5.14. The van der Waals surface area contributed by atoms with E-state index in [-0.39, 0.29) is 12.1 Å². The fraction of sp³-hybridized carbons (Fsp3) is 0.615. The predicted octanol–water partition coefficient (Wildman–Crippen LogP) is 2.97. The lowest BCUT2D eigenvalue weighted by atomic mass is 9.97. The van der Waals surface area contributed by atoms with E-state index in [1.54, 1.807) is 18.0 Å². The largest absolute Gasteiger partial charge is 0.394 e. The van der Waals surface area contributed by atoms with Crippen LogP contribution in [0.5, 0.6) is 0 Å². The van der Waals surface area contributed by atoms with E-state index in [0.717, 1.165) is 30.2 Å². The molecule has 2 N–H and O–H groups in total. The molecule has 18 heavy (non-hydrogen) atoms. The molecule has 0 saturated carbocycles. The summed E-state index contributed by atoms with van der Waals surface area (Å²) in [5.41, 5.74) is -0.177. The maximum atomic E-state index is 9.37. The highest BCUT2D eigenvalue weighted by Gasteiger charge is 2.20. The number of aliphatic hydroxyl groups excluding tert-OH is 1. The monoisotopic (exact) mass is 288 g/mol. The van der Waals surface area contributed by atoms with Crippen LogP contribution in [0, 0.1) is 0 Å². The summed E-state index contributed by atoms with van der Waals surface area (Å²) in [4.78, 5) is 4.23. The van der Waals surface area contributed by atoms with Crippen molar-refractivity contribution in [3.8, 4) is 0 Å². The molecule has 1 aromatic heterocycles. The average molecular weight is 289 g/mol. The Morgan fingerprint density at radius 1 is 1.56 bits per heavy atom. The third kappa shape index (κ3) is 5.14. The normalized spacial score (nSPS) is 14.4. The molecule has 1 atom stereocenters. The number of nitrogens with zero attached hydrogens (tertiary/aromatic N) is 1. The SMILES string of the molecule is CCNC(C)(CO)CCCSc1ncccc1Cl. The Morgan fingerprint density at radius 3 is 2.94 bits per heavy atom. The predicted molar refractivity (Wildman–Crippen MR) is 78.4 cm³/mol. The zero-order chi connectivity index (χ0) is 13.4. The maximum Gasteiger partial charge on any atom is 0.115 e. The topological polar surface area (TPSA) is 45.1 Å². The lowest BCUT2D eigenvalue weighted by molar-refractivity contribution is 0.167. The maximum absolute atomic E-state index is 9.37. The van der Waals surface area contributed by atoms with Gasteiger partial charge in [0.2, 0.25) is 0 Å². The van der Waals surface area contributed by atoms with Gasteiger partial charge in [0.05, 0.1) is 11.6 Å². The molecule has 102 valence electrons.